The molecule has 0 spiro atoms. The summed E-state index contributed by atoms with van der Waals surface area (Å²) < 4.78 is 3.32. The third-order valence-corrected chi connectivity index (χ3v) is 1.25. The zero-order chi connectivity index (χ0) is 8.48. The van der Waals surface area contributed by atoms with Crippen molar-refractivity contribution in [3.63, 3.8) is 0 Å². The Morgan fingerprint density at radius 3 is 2.55 bits per heavy atom. The highest BCUT2D eigenvalue weighted by Gasteiger charge is 2.27. The van der Waals surface area contributed by atoms with Gasteiger partial charge in [0, 0.05) is 0 Å². The second-order valence-electron chi connectivity index (χ2n) is 1.96. The summed E-state index contributed by atoms with van der Waals surface area (Å²) in [5.74, 6) is -0.0459. The molecule has 60 valence electrons. The first kappa shape index (κ1) is 8.49. The Bertz CT molecular complexity index is 266. The fraction of sp³-hybridized carbons (Fsp3) is 0.400. The van der Waals surface area contributed by atoms with Crippen molar-refractivity contribution in [3.8, 4) is 0 Å². The highest BCUT2D eigenvalue weighted by atomic mass is 35.5. The summed E-state index contributed by atoms with van der Waals surface area (Å²) in [4.78, 5) is 13.7. The molecule has 11 heavy (non-hydrogen) atoms. The first-order valence-corrected chi connectivity index (χ1v) is 3.47. The van der Waals surface area contributed by atoms with Crippen molar-refractivity contribution in [2.45, 2.75) is 11.3 Å². The smallest absolute Gasteiger partial charge is 0.263 e. The van der Waals surface area contributed by atoms with Crippen LogP contribution in [-0.4, -0.2) is 16.4 Å². The first-order valence-electron chi connectivity index (χ1n) is 2.71. The third-order valence-electron chi connectivity index (χ3n) is 0.923. The molecule has 4 nitrogen and oxygen atoms in total. The van der Waals surface area contributed by atoms with Crippen LogP contribution < -0.4 is 0 Å². The molecule has 0 aliphatic heterocycles. The van der Waals surface area contributed by atoms with Crippen molar-refractivity contribution in [2.75, 3.05) is 0 Å². The number of halogens is 2. The lowest BCUT2D eigenvalue weighted by atomic mass is 10.5. The number of carbonyl (C=O) groups is 1. The molecule has 0 aliphatic carbocycles. The maximum atomic E-state index is 10.1. The van der Waals surface area contributed by atoms with Crippen LogP contribution in [0, 0.1) is 0 Å². The Kier molecular flexibility index (Phi) is 2.15. The second kappa shape index (κ2) is 2.79. The molecular weight excluding hydrogens is 191 g/mol. The van der Waals surface area contributed by atoms with Crippen LogP contribution in [0.3, 0.4) is 0 Å². The van der Waals surface area contributed by atoms with Crippen molar-refractivity contribution in [2.24, 2.45) is 0 Å². The normalized spacial score (nSPS) is 11.5. The van der Waals surface area contributed by atoms with Gasteiger partial charge in [-0.3, -0.25) is 4.79 Å². The van der Waals surface area contributed by atoms with Crippen LogP contribution >= 0.6 is 23.2 Å². The van der Waals surface area contributed by atoms with Crippen molar-refractivity contribution >= 4 is 29.5 Å². The van der Waals surface area contributed by atoms with E-state index in [1.807, 2.05) is 0 Å². The standard InChI is InChI=1S/C5H4Cl2N2O2/c1-5(6,7)4-8-3(2-10)9-11-4/h2H,1H3. The van der Waals surface area contributed by atoms with Gasteiger partial charge in [0.15, 0.2) is 10.6 Å². The lowest BCUT2D eigenvalue weighted by Gasteiger charge is -2.03. The van der Waals surface area contributed by atoms with Crippen LogP contribution in [-0.2, 0) is 4.33 Å². The Hall–Kier alpha value is -0.610. The number of aromatic nitrogens is 2. The molecule has 0 atom stereocenters. The van der Waals surface area contributed by atoms with Gasteiger partial charge in [-0.1, -0.05) is 28.4 Å². The van der Waals surface area contributed by atoms with Crippen molar-refractivity contribution in [1.82, 2.24) is 10.1 Å². The van der Waals surface area contributed by atoms with Gasteiger partial charge in [0.2, 0.25) is 5.82 Å². The molecule has 1 aromatic rings. The Labute approximate surface area is 72.5 Å². The minimum atomic E-state index is -1.24. The maximum absolute atomic E-state index is 10.1. The SMILES string of the molecule is CC(Cl)(Cl)c1nc(C=O)no1. The summed E-state index contributed by atoms with van der Waals surface area (Å²) in [6.07, 6.45) is 0.451. The number of aldehydes is 1. The highest BCUT2D eigenvalue weighted by molar-refractivity contribution is 6.47. The second-order valence-corrected chi connectivity index (χ2v) is 3.67. The number of nitrogens with zero attached hydrogens (tertiary/aromatic N) is 2. The summed E-state index contributed by atoms with van der Waals surface area (Å²) in [5, 5.41) is 3.28. The van der Waals surface area contributed by atoms with E-state index >= 15 is 0 Å². The fourth-order valence-electron chi connectivity index (χ4n) is 0.461. The van der Waals surface area contributed by atoms with E-state index in [0.29, 0.717) is 6.29 Å². The predicted octanol–water partition coefficient (Wildman–Crippen LogP) is 1.53. The molecule has 0 aromatic carbocycles. The lowest BCUT2D eigenvalue weighted by molar-refractivity contribution is 0.111. The van der Waals surface area contributed by atoms with Crippen molar-refractivity contribution in [1.29, 1.82) is 0 Å². The minimum Gasteiger partial charge on any atom is -0.336 e. The molecule has 1 rings (SSSR count). The topological polar surface area (TPSA) is 56.0 Å². The van der Waals surface area contributed by atoms with E-state index in [1.165, 1.54) is 6.92 Å². The number of hydrogen-bond acceptors (Lipinski definition) is 4. The van der Waals surface area contributed by atoms with Gasteiger partial charge in [0.25, 0.3) is 5.89 Å². The monoisotopic (exact) mass is 194 g/mol. The summed E-state index contributed by atoms with van der Waals surface area (Å²) in [6, 6.07) is 0. The van der Waals surface area contributed by atoms with E-state index in [-0.39, 0.29) is 11.7 Å². The van der Waals surface area contributed by atoms with Gasteiger partial charge in [0.05, 0.1) is 0 Å². The Balaban J connectivity index is 2.98. The van der Waals surface area contributed by atoms with Crippen molar-refractivity contribution in [3.05, 3.63) is 11.7 Å². The molecule has 0 fully saturated rings. The minimum absolute atomic E-state index is 0.0166. The molecule has 0 saturated carbocycles. The van der Waals surface area contributed by atoms with Gasteiger partial charge >= 0.3 is 0 Å². The molecule has 0 radical (unpaired) electrons. The fourth-order valence-corrected chi connectivity index (χ4v) is 0.615. The summed E-state index contributed by atoms with van der Waals surface area (Å²) in [7, 11) is 0. The molecule has 1 aromatic heterocycles. The van der Waals surface area contributed by atoms with Gasteiger partial charge in [-0.2, -0.15) is 4.98 Å². The number of carbonyl (C=O) groups excluding carboxylic acids is 1. The maximum Gasteiger partial charge on any atom is 0.263 e. The number of hydrogen-bond donors (Lipinski definition) is 0. The number of rotatable bonds is 2. The van der Waals surface area contributed by atoms with Crippen LogP contribution in [0.25, 0.3) is 0 Å². The Morgan fingerprint density at radius 2 is 2.27 bits per heavy atom. The summed E-state index contributed by atoms with van der Waals surface area (Å²) >= 11 is 11.2. The summed E-state index contributed by atoms with van der Waals surface area (Å²) in [6.45, 7) is 1.47. The largest absolute Gasteiger partial charge is 0.336 e. The van der Waals surface area contributed by atoms with E-state index in [9.17, 15) is 4.79 Å². The first-order chi connectivity index (χ1) is 5.04. The molecule has 0 saturated heterocycles. The van der Waals surface area contributed by atoms with Gasteiger partial charge in [-0.25, -0.2) is 0 Å². The van der Waals surface area contributed by atoms with E-state index in [4.69, 9.17) is 23.2 Å². The zero-order valence-corrected chi connectivity index (χ0v) is 7.06. The molecule has 0 amide bonds. The average molecular weight is 195 g/mol. The quantitative estimate of drug-likeness (QED) is 0.530. The average Bonchev–Trinajstić information content (AvgIpc) is 2.32. The van der Waals surface area contributed by atoms with Crippen LogP contribution in [0.1, 0.15) is 23.4 Å². The van der Waals surface area contributed by atoms with E-state index in [1.54, 1.807) is 0 Å². The molecular formula is C5H4Cl2N2O2. The summed E-state index contributed by atoms with van der Waals surface area (Å²) in [5.41, 5.74) is 0. The van der Waals surface area contributed by atoms with E-state index in [2.05, 4.69) is 14.7 Å². The van der Waals surface area contributed by atoms with Crippen LogP contribution in [0.15, 0.2) is 4.52 Å². The molecule has 1 heterocycles. The zero-order valence-electron chi connectivity index (χ0n) is 5.54. The molecule has 6 heteroatoms. The predicted molar refractivity (Wildman–Crippen MR) is 38.7 cm³/mol. The highest BCUT2D eigenvalue weighted by Crippen LogP contribution is 2.30. The molecule has 0 aliphatic rings. The number of alkyl halides is 2. The Morgan fingerprint density at radius 1 is 1.64 bits per heavy atom. The van der Waals surface area contributed by atoms with Crippen LogP contribution in [0.5, 0.6) is 0 Å². The van der Waals surface area contributed by atoms with E-state index < -0.39 is 4.33 Å². The van der Waals surface area contributed by atoms with Gasteiger partial charge in [-0.05, 0) is 6.92 Å². The van der Waals surface area contributed by atoms with Gasteiger partial charge in [-0.15, -0.1) is 0 Å². The molecule has 0 N–H and O–H groups in total. The van der Waals surface area contributed by atoms with Crippen molar-refractivity contribution < 1.29 is 9.32 Å². The van der Waals surface area contributed by atoms with E-state index in [0.717, 1.165) is 0 Å². The van der Waals surface area contributed by atoms with Gasteiger partial charge < -0.3 is 4.52 Å². The molecule has 0 bridgehead atoms. The van der Waals surface area contributed by atoms with Crippen LogP contribution in [0.2, 0.25) is 0 Å². The van der Waals surface area contributed by atoms with Crippen LogP contribution in [0.4, 0.5) is 0 Å². The lowest BCUT2D eigenvalue weighted by Crippen LogP contribution is -2.03. The third kappa shape index (κ3) is 1.91. The van der Waals surface area contributed by atoms with Gasteiger partial charge in [0.1, 0.15) is 0 Å². The molecule has 0 unspecified atom stereocenters.